The van der Waals surface area contributed by atoms with E-state index >= 15 is 0 Å². The SMILES string of the molecule is CCCCC[C@@H]1C[C@]2(CCO1)OCc1ccccc12. The van der Waals surface area contributed by atoms with E-state index in [1.165, 1.54) is 36.8 Å². The van der Waals surface area contributed by atoms with Gasteiger partial charge < -0.3 is 9.47 Å². The minimum absolute atomic E-state index is 0.0499. The molecule has 0 bridgehead atoms. The van der Waals surface area contributed by atoms with Gasteiger partial charge in [0.1, 0.15) is 0 Å². The maximum atomic E-state index is 6.21. The summed E-state index contributed by atoms with van der Waals surface area (Å²) in [6.07, 6.45) is 7.47. The molecular formula is C17H24O2. The Balaban J connectivity index is 1.71. The highest BCUT2D eigenvalue weighted by molar-refractivity contribution is 5.35. The van der Waals surface area contributed by atoms with E-state index in [9.17, 15) is 0 Å². The van der Waals surface area contributed by atoms with Crippen LogP contribution in [-0.2, 0) is 21.7 Å². The molecule has 1 fully saturated rings. The van der Waals surface area contributed by atoms with Gasteiger partial charge in [-0.15, -0.1) is 0 Å². The van der Waals surface area contributed by atoms with Crippen molar-refractivity contribution < 1.29 is 9.47 Å². The fraction of sp³-hybridized carbons (Fsp3) is 0.647. The number of unbranched alkanes of at least 4 members (excludes halogenated alkanes) is 2. The molecule has 0 aliphatic carbocycles. The van der Waals surface area contributed by atoms with Crippen LogP contribution in [0, 0.1) is 0 Å². The Labute approximate surface area is 116 Å². The molecule has 1 saturated heterocycles. The Morgan fingerprint density at radius 3 is 3.05 bits per heavy atom. The molecule has 0 radical (unpaired) electrons. The van der Waals surface area contributed by atoms with Crippen LogP contribution in [0.2, 0.25) is 0 Å². The van der Waals surface area contributed by atoms with E-state index in [0.29, 0.717) is 6.10 Å². The second-order valence-corrected chi connectivity index (χ2v) is 5.88. The molecule has 1 aromatic rings. The molecule has 0 saturated carbocycles. The average molecular weight is 260 g/mol. The van der Waals surface area contributed by atoms with Gasteiger partial charge in [-0.25, -0.2) is 0 Å². The first-order valence-corrected chi connectivity index (χ1v) is 7.68. The lowest BCUT2D eigenvalue weighted by atomic mass is 9.82. The van der Waals surface area contributed by atoms with E-state index < -0.39 is 0 Å². The summed E-state index contributed by atoms with van der Waals surface area (Å²) in [6, 6.07) is 8.69. The standard InChI is InChI=1S/C17H24O2/c1-2-3-4-8-15-12-17(10-11-18-15)16-9-6-5-7-14(16)13-19-17/h5-7,9,15H,2-4,8,10-13H2,1H3/t15-,17+/m1/s1. The van der Waals surface area contributed by atoms with Crippen LogP contribution >= 0.6 is 0 Å². The van der Waals surface area contributed by atoms with Crippen LogP contribution in [0.25, 0.3) is 0 Å². The van der Waals surface area contributed by atoms with Crippen molar-refractivity contribution in [3.63, 3.8) is 0 Å². The average Bonchev–Trinajstić information content (AvgIpc) is 2.79. The number of rotatable bonds is 4. The van der Waals surface area contributed by atoms with Gasteiger partial charge in [-0.3, -0.25) is 0 Å². The van der Waals surface area contributed by atoms with Crippen molar-refractivity contribution in [1.29, 1.82) is 0 Å². The lowest BCUT2D eigenvalue weighted by Gasteiger charge is -2.38. The maximum Gasteiger partial charge on any atom is 0.0985 e. The summed E-state index contributed by atoms with van der Waals surface area (Å²) in [5.74, 6) is 0. The number of benzene rings is 1. The fourth-order valence-corrected chi connectivity index (χ4v) is 3.49. The smallest absolute Gasteiger partial charge is 0.0985 e. The van der Waals surface area contributed by atoms with Gasteiger partial charge in [0.2, 0.25) is 0 Å². The van der Waals surface area contributed by atoms with Gasteiger partial charge in [0.25, 0.3) is 0 Å². The molecule has 2 heterocycles. The van der Waals surface area contributed by atoms with Crippen LogP contribution in [0.3, 0.4) is 0 Å². The highest BCUT2D eigenvalue weighted by atomic mass is 16.5. The number of ether oxygens (including phenoxy) is 2. The van der Waals surface area contributed by atoms with Gasteiger partial charge in [-0.05, 0) is 17.5 Å². The molecule has 3 rings (SSSR count). The van der Waals surface area contributed by atoms with Crippen molar-refractivity contribution in [1.82, 2.24) is 0 Å². The summed E-state index contributed by atoms with van der Waals surface area (Å²) >= 11 is 0. The molecule has 1 spiro atoms. The number of hydrogen-bond acceptors (Lipinski definition) is 2. The predicted octanol–water partition coefficient (Wildman–Crippen LogP) is 4.17. The van der Waals surface area contributed by atoms with Crippen molar-refractivity contribution in [2.75, 3.05) is 6.61 Å². The molecule has 2 atom stereocenters. The minimum Gasteiger partial charge on any atom is -0.378 e. The monoisotopic (exact) mass is 260 g/mol. The minimum atomic E-state index is -0.0499. The maximum absolute atomic E-state index is 6.21. The first kappa shape index (κ1) is 13.1. The van der Waals surface area contributed by atoms with Crippen molar-refractivity contribution in [3.05, 3.63) is 35.4 Å². The predicted molar refractivity (Wildman–Crippen MR) is 76.0 cm³/mol. The second kappa shape index (κ2) is 5.64. The molecule has 1 aromatic carbocycles. The highest BCUT2D eigenvalue weighted by Gasteiger charge is 2.43. The Kier molecular flexibility index (Phi) is 3.90. The second-order valence-electron chi connectivity index (χ2n) is 5.88. The van der Waals surface area contributed by atoms with Crippen LogP contribution < -0.4 is 0 Å². The summed E-state index contributed by atoms with van der Waals surface area (Å²) < 4.78 is 12.2. The third-order valence-electron chi connectivity index (χ3n) is 4.56. The van der Waals surface area contributed by atoms with E-state index in [1.807, 2.05) is 0 Å². The van der Waals surface area contributed by atoms with Gasteiger partial charge >= 0.3 is 0 Å². The van der Waals surface area contributed by atoms with Crippen LogP contribution in [0.4, 0.5) is 0 Å². The van der Waals surface area contributed by atoms with E-state index in [2.05, 4.69) is 31.2 Å². The van der Waals surface area contributed by atoms with E-state index in [1.54, 1.807) is 0 Å². The zero-order valence-electron chi connectivity index (χ0n) is 11.9. The molecule has 19 heavy (non-hydrogen) atoms. The molecule has 2 heteroatoms. The summed E-state index contributed by atoms with van der Waals surface area (Å²) in [5, 5.41) is 0. The van der Waals surface area contributed by atoms with Crippen molar-refractivity contribution in [2.45, 2.75) is 63.8 Å². The first-order valence-electron chi connectivity index (χ1n) is 7.68. The van der Waals surface area contributed by atoms with Crippen LogP contribution in [0.1, 0.15) is 56.6 Å². The summed E-state index contributed by atoms with van der Waals surface area (Å²) in [6.45, 7) is 3.86. The Bertz CT molecular complexity index is 425. The molecule has 2 aliphatic heterocycles. The Hall–Kier alpha value is -0.860. The normalized spacial score (nSPS) is 29.6. The van der Waals surface area contributed by atoms with E-state index in [4.69, 9.17) is 9.47 Å². The van der Waals surface area contributed by atoms with E-state index in [0.717, 1.165) is 26.1 Å². The molecule has 0 amide bonds. The molecule has 104 valence electrons. The van der Waals surface area contributed by atoms with Crippen LogP contribution in [0.5, 0.6) is 0 Å². The molecule has 0 N–H and O–H groups in total. The molecular weight excluding hydrogens is 236 g/mol. The van der Waals surface area contributed by atoms with Gasteiger partial charge in [0.15, 0.2) is 0 Å². The Morgan fingerprint density at radius 1 is 1.26 bits per heavy atom. The first-order chi connectivity index (χ1) is 9.34. The summed E-state index contributed by atoms with van der Waals surface area (Å²) in [4.78, 5) is 0. The largest absolute Gasteiger partial charge is 0.378 e. The van der Waals surface area contributed by atoms with E-state index in [-0.39, 0.29) is 5.60 Å². The van der Waals surface area contributed by atoms with Crippen LogP contribution in [-0.4, -0.2) is 12.7 Å². The highest BCUT2D eigenvalue weighted by Crippen LogP contribution is 2.45. The molecule has 0 unspecified atom stereocenters. The van der Waals surface area contributed by atoms with Crippen molar-refractivity contribution in [2.24, 2.45) is 0 Å². The lowest BCUT2D eigenvalue weighted by molar-refractivity contribution is -0.138. The van der Waals surface area contributed by atoms with Crippen molar-refractivity contribution in [3.8, 4) is 0 Å². The van der Waals surface area contributed by atoms with Crippen LogP contribution in [0.15, 0.2) is 24.3 Å². The zero-order chi connectivity index (χ0) is 13.1. The van der Waals surface area contributed by atoms with Crippen molar-refractivity contribution >= 4 is 0 Å². The quantitative estimate of drug-likeness (QED) is 0.756. The summed E-state index contributed by atoms with van der Waals surface area (Å²) in [7, 11) is 0. The zero-order valence-corrected chi connectivity index (χ0v) is 11.9. The number of hydrogen-bond donors (Lipinski definition) is 0. The van der Waals surface area contributed by atoms with Gasteiger partial charge in [0.05, 0.1) is 24.9 Å². The molecule has 0 aromatic heterocycles. The Morgan fingerprint density at radius 2 is 2.16 bits per heavy atom. The summed E-state index contributed by atoms with van der Waals surface area (Å²) in [5.41, 5.74) is 2.74. The third kappa shape index (κ3) is 2.56. The topological polar surface area (TPSA) is 18.5 Å². The van der Waals surface area contributed by atoms with Gasteiger partial charge in [-0.2, -0.15) is 0 Å². The van der Waals surface area contributed by atoms with Gasteiger partial charge in [-0.1, -0.05) is 50.5 Å². The molecule has 2 aliphatic rings. The fourth-order valence-electron chi connectivity index (χ4n) is 3.49. The third-order valence-corrected chi connectivity index (χ3v) is 4.56. The lowest BCUT2D eigenvalue weighted by Crippen LogP contribution is -2.38. The van der Waals surface area contributed by atoms with Gasteiger partial charge in [0, 0.05) is 12.8 Å². The number of fused-ring (bicyclic) bond motifs is 2. The molecule has 2 nitrogen and oxygen atoms in total.